The van der Waals surface area contributed by atoms with Crippen LogP contribution in [0.3, 0.4) is 0 Å². The third kappa shape index (κ3) is 3.52. The summed E-state index contributed by atoms with van der Waals surface area (Å²) in [6.45, 7) is 0. The summed E-state index contributed by atoms with van der Waals surface area (Å²) < 4.78 is 13.5. The predicted octanol–water partition coefficient (Wildman–Crippen LogP) is 3.95. The Morgan fingerprint density at radius 2 is 1.74 bits per heavy atom. The molecule has 0 saturated carbocycles. The van der Waals surface area contributed by atoms with Gasteiger partial charge in [0.05, 0.1) is 0 Å². The molecule has 0 amide bonds. The second kappa shape index (κ2) is 6.82. The third-order valence-corrected chi connectivity index (χ3v) is 4.27. The minimum absolute atomic E-state index is 0.0240. The molecule has 0 atom stereocenters. The van der Waals surface area contributed by atoms with Gasteiger partial charge in [0, 0.05) is 24.6 Å². The average Bonchev–Trinajstić information content (AvgIpc) is 2.59. The van der Waals surface area contributed by atoms with E-state index in [-0.39, 0.29) is 24.3 Å². The highest BCUT2D eigenvalue weighted by atomic mass is 19.1. The fourth-order valence-electron chi connectivity index (χ4n) is 2.99. The van der Waals surface area contributed by atoms with E-state index < -0.39 is 11.6 Å². The maximum Gasteiger partial charge on any atom is 0.184 e. The molecule has 3 nitrogen and oxygen atoms in total. The molecule has 1 aliphatic rings. The number of benzene rings is 1. The Hall–Kier alpha value is -2.36. The number of fused-ring (bicyclic) bond motifs is 1. The van der Waals surface area contributed by atoms with Crippen LogP contribution in [0.5, 0.6) is 0 Å². The van der Waals surface area contributed by atoms with Gasteiger partial charge in [-0.2, -0.15) is 0 Å². The van der Waals surface area contributed by atoms with Gasteiger partial charge >= 0.3 is 0 Å². The Morgan fingerprint density at radius 1 is 1.00 bits per heavy atom. The summed E-state index contributed by atoms with van der Waals surface area (Å²) >= 11 is 0. The zero-order valence-electron chi connectivity index (χ0n) is 12.8. The quantitative estimate of drug-likeness (QED) is 0.786. The number of pyridine rings is 1. The zero-order chi connectivity index (χ0) is 16.2. The Kier molecular flexibility index (Phi) is 4.60. The summed E-state index contributed by atoms with van der Waals surface area (Å²) in [7, 11) is 0. The molecule has 0 aliphatic heterocycles. The fraction of sp³-hybridized carbons (Fsp3) is 0.316. The smallest absolute Gasteiger partial charge is 0.184 e. The van der Waals surface area contributed by atoms with Crippen LogP contribution < -0.4 is 0 Å². The Morgan fingerprint density at radius 3 is 2.52 bits per heavy atom. The maximum absolute atomic E-state index is 13.5. The summed E-state index contributed by atoms with van der Waals surface area (Å²) in [5.74, 6) is -1.16. The van der Waals surface area contributed by atoms with Crippen LogP contribution in [0.2, 0.25) is 0 Å². The molecule has 1 aliphatic carbocycles. The number of nitrogens with zero attached hydrogens (tertiary/aromatic N) is 1. The molecule has 1 aromatic heterocycles. The van der Waals surface area contributed by atoms with E-state index in [1.54, 1.807) is 0 Å². The summed E-state index contributed by atoms with van der Waals surface area (Å²) in [5.41, 5.74) is 3.01. The van der Waals surface area contributed by atoms with Crippen molar-refractivity contribution in [1.29, 1.82) is 0 Å². The summed E-state index contributed by atoms with van der Waals surface area (Å²) in [5, 5.41) is 0. The van der Waals surface area contributed by atoms with Crippen LogP contribution in [-0.4, -0.2) is 16.6 Å². The van der Waals surface area contributed by atoms with Crippen molar-refractivity contribution in [2.24, 2.45) is 0 Å². The number of hydrogen-bond acceptors (Lipinski definition) is 3. The molecule has 0 spiro atoms. The summed E-state index contributed by atoms with van der Waals surface area (Å²) in [6.07, 6.45) is 5.86. The number of carbonyl (C=O) groups is 2. The average molecular weight is 311 g/mol. The topological polar surface area (TPSA) is 47.0 Å². The molecular weight excluding hydrogens is 293 g/mol. The van der Waals surface area contributed by atoms with E-state index in [9.17, 15) is 14.0 Å². The second-order valence-electron chi connectivity index (χ2n) is 5.87. The van der Waals surface area contributed by atoms with Gasteiger partial charge in [0.2, 0.25) is 0 Å². The number of ketones is 2. The first-order valence-corrected chi connectivity index (χ1v) is 7.94. The monoisotopic (exact) mass is 311 g/mol. The lowest BCUT2D eigenvalue weighted by Gasteiger charge is -2.16. The molecule has 0 bridgehead atoms. The van der Waals surface area contributed by atoms with Gasteiger partial charge in [-0.1, -0.05) is 12.1 Å². The van der Waals surface area contributed by atoms with Gasteiger partial charge < -0.3 is 0 Å². The second-order valence-corrected chi connectivity index (χ2v) is 5.87. The van der Waals surface area contributed by atoms with Crippen LogP contribution in [0.25, 0.3) is 0 Å². The molecule has 4 heteroatoms. The standard InChI is InChI=1S/C19H18FNO2/c20-16-6-3-11-21-19(16)18(23)10-9-17(22)15-8-7-13-4-1-2-5-14(13)12-15/h3,6-8,11-12H,1-2,4-5,9-10H2. The number of aromatic nitrogens is 1. The Labute approximate surface area is 134 Å². The van der Waals surface area contributed by atoms with Crippen LogP contribution >= 0.6 is 0 Å². The van der Waals surface area contributed by atoms with Crippen molar-refractivity contribution in [1.82, 2.24) is 4.98 Å². The minimum atomic E-state index is -0.640. The zero-order valence-corrected chi connectivity index (χ0v) is 12.8. The van der Waals surface area contributed by atoms with Crippen molar-refractivity contribution >= 4 is 11.6 Å². The van der Waals surface area contributed by atoms with Gasteiger partial charge in [-0.15, -0.1) is 0 Å². The van der Waals surface area contributed by atoms with Gasteiger partial charge in [-0.3, -0.25) is 14.6 Å². The largest absolute Gasteiger partial charge is 0.294 e. The number of Topliss-reactive ketones (excluding diaryl/α,β-unsaturated/α-hetero) is 2. The molecule has 1 heterocycles. The number of halogens is 1. The van der Waals surface area contributed by atoms with Crippen molar-refractivity contribution in [3.05, 3.63) is 64.7 Å². The predicted molar refractivity (Wildman–Crippen MR) is 85.2 cm³/mol. The first-order valence-electron chi connectivity index (χ1n) is 7.94. The molecule has 23 heavy (non-hydrogen) atoms. The van der Waals surface area contributed by atoms with E-state index in [1.807, 2.05) is 18.2 Å². The van der Waals surface area contributed by atoms with Crippen LogP contribution in [0.15, 0.2) is 36.5 Å². The highest BCUT2D eigenvalue weighted by Gasteiger charge is 2.17. The number of hydrogen-bond donors (Lipinski definition) is 0. The van der Waals surface area contributed by atoms with Crippen molar-refractivity contribution in [3.63, 3.8) is 0 Å². The lowest BCUT2D eigenvalue weighted by molar-refractivity contribution is 0.0912. The fourth-order valence-corrected chi connectivity index (χ4v) is 2.99. The van der Waals surface area contributed by atoms with Crippen LogP contribution in [0, 0.1) is 5.82 Å². The van der Waals surface area contributed by atoms with Crippen molar-refractivity contribution in [2.75, 3.05) is 0 Å². The van der Waals surface area contributed by atoms with Gasteiger partial charge in [-0.25, -0.2) is 4.39 Å². The molecule has 3 rings (SSSR count). The van der Waals surface area contributed by atoms with E-state index in [1.165, 1.54) is 35.9 Å². The number of rotatable bonds is 5. The van der Waals surface area contributed by atoms with Crippen LogP contribution in [-0.2, 0) is 12.8 Å². The highest BCUT2D eigenvalue weighted by Crippen LogP contribution is 2.23. The van der Waals surface area contributed by atoms with Crippen LogP contribution in [0.4, 0.5) is 4.39 Å². The highest BCUT2D eigenvalue weighted by molar-refractivity contribution is 6.01. The molecule has 0 saturated heterocycles. The Balaban J connectivity index is 1.66. The van der Waals surface area contributed by atoms with E-state index in [4.69, 9.17) is 0 Å². The molecule has 0 fully saturated rings. The molecule has 0 N–H and O–H groups in total. The first-order chi connectivity index (χ1) is 11.1. The lowest BCUT2D eigenvalue weighted by atomic mass is 9.89. The van der Waals surface area contributed by atoms with Gasteiger partial charge in [0.15, 0.2) is 17.4 Å². The van der Waals surface area contributed by atoms with E-state index in [2.05, 4.69) is 4.98 Å². The van der Waals surface area contributed by atoms with Crippen molar-refractivity contribution in [2.45, 2.75) is 38.5 Å². The van der Waals surface area contributed by atoms with Crippen molar-refractivity contribution in [3.8, 4) is 0 Å². The maximum atomic E-state index is 13.5. The SMILES string of the molecule is O=C(CCC(=O)c1ncccc1F)c1ccc2c(c1)CCCC2. The van der Waals surface area contributed by atoms with E-state index >= 15 is 0 Å². The molecular formula is C19H18FNO2. The van der Waals surface area contributed by atoms with E-state index in [0.717, 1.165) is 19.3 Å². The first kappa shape index (κ1) is 15.5. The molecule has 0 unspecified atom stereocenters. The van der Waals surface area contributed by atoms with Gasteiger partial charge in [0.1, 0.15) is 5.69 Å². The normalized spacial score (nSPS) is 13.4. The van der Waals surface area contributed by atoms with Gasteiger partial charge in [-0.05, 0) is 55.0 Å². The Bertz CT molecular complexity index is 755. The third-order valence-electron chi connectivity index (χ3n) is 4.27. The van der Waals surface area contributed by atoms with Crippen LogP contribution in [0.1, 0.15) is 57.7 Å². The number of carbonyl (C=O) groups excluding carboxylic acids is 2. The lowest BCUT2D eigenvalue weighted by Crippen LogP contribution is -2.10. The summed E-state index contributed by atoms with van der Waals surface area (Å²) in [4.78, 5) is 28.0. The van der Waals surface area contributed by atoms with Gasteiger partial charge in [0.25, 0.3) is 0 Å². The minimum Gasteiger partial charge on any atom is -0.294 e. The molecule has 1 aromatic carbocycles. The van der Waals surface area contributed by atoms with Crippen molar-refractivity contribution < 1.29 is 14.0 Å². The summed E-state index contributed by atoms with van der Waals surface area (Å²) in [6, 6.07) is 8.43. The number of aryl methyl sites for hydroxylation is 2. The molecule has 118 valence electrons. The van der Waals surface area contributed by atoms with E-state index in [0.29, 0.717) is 5.56 Å². The molecule has 0 radical (unpaired) electrons. The molecule has 2 aromatic rings.